The maximum Gasteiger partial charge on any atom is 0.128 e. The van der Waals surface area contributed by atoms with Crippen LogP contribution in [0.25, 0.3) is 0 Å². The fraction of sp³-hybridized carbons (Fsp3) is 0.600. The number of halogens is 1. The van der Waals surface area contributed by atoms with Crippen LogP contribution in [0.15, 0.2) is 24.3 Å². The monoisotopic (exact) mass is 284 g/mol. The third kappa shape index (κ3) is 4.48. The van der Waals surface area contributed by atoms with Gasteiger partial charge in [-0.05, 0) is 45.4 Å². The second kappa shape index (κ2) is 7.88. The Morgan fingerprint density at radius 2 is 1.95 bits per heavy atom. The average molecular weight is 284 g/mol. The molecule has 108 valence electrons. The molecule has 0 bridgehead atoms. The van der Waals surface area contributed by atoms with Crippen LogP contribution < -0.4 is 5.73 Å². The number of hydrogen-bond acceptors (Lipinski definition) is 3. The van der Waals surface area contributed by atoms with Crippen LogP contribution in [0, 0.1) is 5.82 Å². The summed E-state index contributed by atoms with van der Waals surface area (Å²) in [4.78, 5) is 2.19. The second-order valence-electron chi connectivity index (χ2n) is 5.12. The lowest BCUT2D eigenvalue weighted by atomic mass is 9.97. The van der Waals surface area contributed by atoms with E-state index < -0.39 is 0 Å². The van der Waals surface area contributed by atoms with E-state index in [0.29, 0.717) is 11.6 Å². The molecule has 19 heavy (non-hydrogen) atoms. The average Bonchev–Trinajstić information content (AvgIpc) is 2.38. The lowest BCUT2D eigenvalue weighted by molar-refractivity contribution is 0.159. The van der Waals surface area contributed by atoms with Crippen LogP contribution in [-0.2, 0) is 0 Å². The zero-order chi connectivity index (χ0) is 14.4. The summed E-state index contributed by atoms with van der Waals surface area (Å²) >= 11 is 1.83. The number of rotatable bonds is 7. The van der Waals surface area contributed by atoms with Crippen molar-refractivity contribution in [1.82, 2.24) is 4.90 Å². The van der Waals surface area contributed by atoms with Gasteiger partial charge in [-0.25, -0.2) is 4.39 Å². The van der Waals surface area contributed by atoms with Crippen LogP contribution in [0.1, 0.15) is 31.9 Å². The maximum absolute atomic E-state index is 14.0. The third-order valence-corrected chi connectivity index (χ3v) is 4.24. The molecule has 0 amide bonds. The molecule has 0 aromatic heterocycles. The molecule has 2 N–H and O–H groups in total. The number of nitrogens with zero attached hydrogens (tertiary/aromatic N) is 1. The number of hydrogen-bond donors (Lipinski definition) is 1. The summed E-state index contributed by atoms with van der Waals surface area (Å²) in [6.45, 7) is 4.11. The van der Waals surface area contributed by atoms with Gasteiger partial charge in [-0.1, -0.05) is 18.2 Å². The van der Waals surface area contributed by atoms with Gasteiger partial charge in [0.25, 0.3) is 0 Å². The molecule has 0 saturated carbocycles. The number of nitrogens with two attached hydrogens (primary N) is 1. The van der Waals surface area contributed by atoms with Crippen LogP contribution in [0.3, 0.4) is 0 Å². The minimum absolute atomic E-state index is 0.0851. The molecule has 1 aromatic rings. The Labute approximate surface area is 120 Å². The van der Waals surface area contributed by atoms with Crippen LogP contribution in [0.5, 0.6) is 0 Å². The topological polar surface area (TPSA) is 29.3 Å². The first-order valence-electron chi connectivity index (χ1n) is 6.70. The van der Waals surface area contributed by atoms with Crippen molar-refractivity contribution in [2.24, 2.45) is 5.73 Å². The van der Waals surface area contributed by atoms with E-state index >= 15 is 0 Å². The first-order valence-corrected chi connectivity index (χ1v) is 8.09. The lowest BCUT2D eigenvalue weighted by Gasteiger charge is -2.36. The van der Waals surface area contributed by atoms with E-state index in [0.717, 1.165) is 12.2 Å². The Morgan fingerprint density at radius 1 is 1.32 bits per heavy atom. The van der Waals surface area contributed by atoms with Crippen LogP contribution in [0.4, 0.5) is 4.39 Å². The van der Waals surface area contributed by atoms with Gasteiger partial charge < -0.3 is 5.73 Å². The van der Waals surface area contributed by atoms with Gasteiger partial charge in [0.2, 0.25) is 0 Å². The predicted octanol–water partition coefficient (Wildman–Crippen LogP) is 3.29. The quantitative estimate of drug-likeness (QED) is 0.833. The first-order chi connectivity index (χ1) is 8.99. The highest BCUT2D eigenvalue weighted by molar-refractivity contribution is 7.98. The number of likely N-dealkylation sites (N-methyl/N-ethyl adjacent to an activating group) is 1. The van der Waals surface area contributed by atoms with Crippen molar-refractivity contribution in [3.8, 4) is 0 Å². The van der Waals surface area contributed by atoms with Gasteiger partial charge in [-0.15, -0.1) is 0 Å². The minimum atomic E-state index is -0.172. The molecule has 0 spiro atoms. The van der Waals surface area contributed by atoms with E-state index in [1.165, 1.54) is 6.07 Å². The standard InChI is InChI=1S/C15H25FN2S/c1-11(9-10-19-4)18(3)15(12(2)17)13-7-5-6-8-14(13)16/h5-8,11-12,15H,9-10,17H2,1-4H3. The number of thioether (sulfide) groups is 1. The molecular formula is C15H25FN2S. The van der Waals surface area contributed by atoms with Gasteiger partial charge >= 0.3 is 0 Å². The molecule has 3 unspecified atom stereocenters. The van der Waals surface area contributed by atoms with E-state index in [2.05, 4.69) is 18.1 Å². The molecule has 1 rings (SSSR count). The molecule has 2 nitrogen and oxygen atoms in total. The Kier molecular flexibility index (Phi) is 6.83. The van der Waals surface area contributed by atoms with Crippen molar-refractivity contribution in [2.45, 2.75) is 38.4 Å². The molecule has 0 radical (unpaired) electrons. The molecule has 4 heteroatoms. The predicted molar refractivity (Wildman–Crippen MR) is 83.0 cm³/mol. The molecule has 0 saturated heterocycles. The largest absolute Gasteiger partial charge is 0.326 e. The second-order valence-corrected chi connectivity index (χ2v) is 6.11. The Morgan fingerprint density at radius 3 is 2.47 bits per heavy atom. The summed E-state index contributed by atoms with van der Waals surface area (Å²) in [5.41, 5.74) is 6.78. The Bertz CT molecular complexity index is 384. The highest BCUT2D eigenvalue weighted by Crippen LogP contribution is 2.27. The summed E-state index contributed by atoms with van der Waals surface area (Å²) in [7, 11) is 2.03. The van der Waals surface area contributed by atoms with Gasteiger partial charge in [0.15, 0.2) is 0 Å². The Hall–Kier alpha value is -0.580. The summed E-state index contributed by atoms with van der Waals surface area (Å²) in [6, 6.07) is 7.11. The zero-order valence-electron chi connectivity index (χ0n) is 12.3. The molecule has 3 atom stereocenters. The van der Waals surface area contributed by atoms with E-state index in [-0.39, 0.29) is 17.9 Å². The Balaban J connectivity index is 2.92. The van der Waals surface area contributed by atoms with Crippen molar-refractivity contribution < 1.29 is 4.39 Å². The van der Waals surface area contributed by atoms with Gasteiger partial charge in [0.1, 0.15) is 5.82 Å². The SMILES string of the molecule is CSCCC(C)N(C)C(c1ccccc1F)C(C)N. The van der Waals surface area contributed by atoms with Crippen molar-refractivity contribution in [1.29, 1.82) is 0 Å². The van der Waals surface area contributed by atoms with Crippen LogP contribution in [-0.4, -0.2) is 36.0 Å². The maximum atomic E-state index is 14.0. The molecule has 0 aliphatic rings. The van der Waals surface area contributed by atoms with Gasteiger partial charge in [0, 0.05) is 17.6 Å². The van der Waals surface area contributed by atoms with Crippen LogP contribution in [0.2, 0.25) is 0 Å². The van der Waals surface area contributed by atoms with Crippen molar-refractivity contribution in [2.75, 3.05) is 19.1 Å². The van der Waals surface area contributed by atoms with Gasteiger partial charge in [-0.3, -0.25) is 4.90 Å². The third-order valence-electron chi connectivity index (χ3n) is 3.60. The van der Waals surface area contributed by atoms with E-state index in [1.54, 1.807) is 6.07 Å². The molecule has 0 fully saturated rings. The molecule has 1 aromatic carbocycles. The van der Waals surface area contributed by atoms with Gasteiger partial charge in [-0.2, -0.15) is 11.8 Å². The van der Waals surface area contributed by atoms with Crippen molar-refractivity contribution in [3.05, 3.63) is 35.6 Å². The minimum Gasteiger partial charge on any atom is -0.326 e. The van der Waals surface area contributed by atoms with E-state index in [9.17, 15) is 4.39 Å². The highest BCUT2D eigenvalue weighted by Gasteiger charge is 2.26. The molecule has 0 aliphatic carbocycles. The number of benzene rings is 1. The fourth-order valence-corrected chi connectivity index (χ4v) is 2.93. The molecule has 0 aliphatic heterocycles. The van der Waals surface area contributed by atoms with E-state index in [1.807, 2.05) is 37.9 Å². The summed E-state index contributed by atoms with van der Waals surface area (Å²) in [5, 5.41) is 0. The van der Waals surface area contributed by atoms with Crippen LogP contribution >= 0.6 is 11.8 Å². The molecular weight excluding hydrogens is 259 g/mol. The first kappa shape index (κ1) is 16.5. The zero-order valence-corrected chi connectivity index (χ0v) is 13.1. The van der Waals surface area contributed by atoms with Crippen molar-refractivity contribution >= 4 is 11.8 Å². The van der Waals surface area contributed by atoms with Crippen molar-refractivity contribution in [3.63, 3.8) is 0 Å². The van der Waals surface area contributed by atoms with E-state index in [4.69, 9.17) is 5.73 Å². The normalized spacial score (nSPS) is 16.4. The summed E-state index contributed by atoms with van der Waals surface area (Å²) < 4.78 is 14.0. The smallest absolute Gasteiger partial charge is 0.128 e. The van der Waals surface area contributed by atoms with Gasteiger partial charge in [0.05, 0.1) is 6.04 Å². The molecule has 0 heterocycles. The summed E-state index contributed by atoms with van der Waals surface area (Å²) in [6.07, 6.45) is 3.18. The summed E-state index contributed by atoms with van der Waals surface area (Å²) in [5.74, 6) is 0.933. The fourth-order valence-electron chi connectivity index (χ4n) is 2.35. The lowest BCUT2D eigenvalue weighted by Crippen LogP contribution is -2.42. The highest BCUT2D eigenvalue weighted by atomic mass is 32.2.